The van der Waals surface area contributed by atoms with Gasteiger partial charge in [0.2, 0.25) is 0 Å². The fourth-order valence-electron chi connectivity index (χ4n) is 2.50. The first-order valence-corrected chi connectivity index (χ1v) is 6.92. The second kappa shape index (κ2) is 7.39. The van der Waals surface area contributed by atoms with Gasteiger partial charge < -0.3 is 15.0 Å². The summed E-state index contributed by atoms with van der Waals surface area (Å²) >= 11 is 0. The Hall–Kier alpha value is -1.06. The van der Waals surface area contributed by atoms with Crippen LogP contribution >= 0.6 is 0 Å². The highest BCUT2D eigenvalue weighted by Gasteiger charge is 2.16. The molecule has 0 saturated carbocycles. The third kappa shape index (κ3) is 4.67. The van der Waals surface area contributed by atoms with E-state index >= 15 is 0 Å². The molecule has 2 rings (SSSR count). The van der Waals surface area contributed by atoms with E-state index < -0.39 is 0 Å². The first-order chi connectivity index (χ1) is 8.84. The van der Waals surface area contributed by atoms with Crippen molar-refractivity contribution in [2.45, 2.75) is 12.8 Å². The van der Waals surface area contributed by atoms with Gasteiger partial charge in [-0.1, -0.05) is 18.2 Å². The Morgan fingerprint density at radius 1 is 1.33 bits per heavy atom. The number of nitrogens with one attached hydrogen (secondary N) is 1. The van der Waals surface area contributed by atoms with E-state index in [9.17, 15) is 0 Å². The number of ether oxygens (including phenoxy) is 1. The van der Waals surface area contributed by atoms with E-state index in [0.29, 0.717) is 0 Å². The highest BCUT2D eigenvalue weighted by molar-refractivity contribution is 5.20. The van der Waals surface area contributed by atoms with Crippen molar-refractivity contribution < 1.29 is 4.74 Å². The molecule has 1 unspecified atom stereocenters. The van der Waals surface area contributed by atoms with Crippen LogP contribution in [0.25, 0.3) is 0 Å². The number of likely N-dealkylation sites (tertiary alicyclic amines) is 1. The first kappa shape index (κ1) is 13.4. The molecular weight excluding hydrogens is 224 g/mol. The van der Waals surface area contributed by atoms with Crippen LogP contribution in [0.1, 0.15) is 12.8 Å². The molecule has 1 aromatic rings. The van der Waals surface area contributed by atoms with Crippen LogP contribution in [0.3, 0.4) is 0 Å². The van der Waals surface area contributed by atoms with E-state index in [1.807, 2.05) is 30.3 Å². The molecule has 1 saturated heterocycles. The van der Waals surface area contributed by atoms with E-state index in [1.165, 1.54) is 25.9 Å². The van der Waals surface area contributed by atoms with Crippen LogP contribution in [-0.2, 0) is 0 Å². The standard InChI is InChI=1S/C15H24N2O/c1-17-10-5-6-14(13-17)12-16-9-11-18-15-7-3-2-4-8-15/h2-4,7-8,14,16H,5-6,9-13H2,1H3. The number of benzene rings is 1. The molecule has 0 spiro atoms. The second-order valence-corrected chi connectivity index (χ2v) is 5.14. The molecular formula is C15H24N2O. The lowest BCUT2D eigenvalue weighted by Crippen LogP contribution is -2.38. The molecule has 1 heterocycles. The van der Waals surface area contributed by atoms with Crippen LogP contribution in [0.5, 0.6) is 5.75 Å². The zero-order valence-electron chi connectivity index (χ0n) is 11.3. The topological polar surface area (TPSA) is 24.5 Å². The lowest BCUT2D eigenvalue weighted by Gasteiger charge is -2.29. The Morgan fingerprint density at radius 2 is 2.17 bits per heavy atom. The molecule has 0 aliphatic carbocycles. The number of para-hydroxylation sites is 1. The van der Waals surface area contributed by atoms with Gasteiger partial charge in [-0.15, -0.1) is 0 Å². The van der Waals surface area contributed by atoms with Gasteiger partial charge in [-0.05, 0) is 51.0 Å². The van der Waals surface area contributed by atoms with E-state index in [-0.39, 0.29) is 0 Å². The monoisotopic (exact) mass is 248 g/mol. The normalized spacial score (nSPS) is 20.8. The molecule has 1 aromatic carbocycles. The van der Waals surface area contributed by atoms with E-state index in [0.717, 1.165) is 31.4 Å². The minimum atomic E-state index is 0.743. The summed E-state index contributed by atoms with van der Waals surface area (Å²) in [5.41, 5.74) is 0. The highest BCUT2D eigenvalue weighted by atomic mass is 16.5. The Balaban J connectivity index is 1.53. The third-order valence-electron chi connectivity index (χ3n) is 3.45. The Kier molecular flexibility index (Phi) is 5.49. The van der Waals surface area contributed by atoms with Gasteiger partial charge in [-0.3, -0.25) is 0 Å². The number of nitrogens with zero attached hydrogens (tertiary/aromatic N) is 1. The van der Waals surface area contributed by atoms with Crippen LogP contribution in [0.4, 0.5) is 0 Å². The van der Waals surface area contributed by atoms with Gasteiger partial charge in [0.1, 0.15) is 12.4 Å². The summed E-state index contributed by atoms with van der Waals surface area (Å²) in [6, 6.07) is 10.00. The minimum Gasteiger partial charge on any atom is -0.492 e. The SMILES string of the molecule is CN1CCCC(CNCCOc2ccccc2)C1. The van der Waals surface area contributed by atoms with Crippen molar-refractivity contribution >= 4 is 0 Å². The van der Waals surface area contributed by atoms with Crippen LogP contribution in [0, 0.1) is 5.92 Å². The number of hydrogen-bond acceptors (Lipinski definition) is 3. The number of piperidine rings is 1. The summed E-state index contributed by atoms with van der Waals surface area (Å²) in [7, 11) is 2.21. The van der Waals surface area contributed by atoms with Gasteiger partial charge in [0.25, 0.3) is 0 Å². The van der Waals surface area contributed by atoms with Crippen LogP contribution in [-0.4, -0.2) is 44.7 Å². The average Bonchev–Trinajstić information content (AvgIpc) is 2.40. The van der Waals surface area contributed by atoms with Gasteiger partial charge in [0.15, 0.2) is 0 Å². The van der Waals surface area contributed by atoms with E-state index in [2.05, 4.69) is 17.3 Å². The molecule has 1 aliphatic rings. The smallest absolute Gasteiger partial charge is 0.119 e. The summed E-state index contributed by atoms with van der Waals surface area (Å²) in [5, 5.41) is 3.49. The second-order valence-electron chi connectivity index (χ2n) is 5.14. The van der Waals surface area contributed by atoms with Crippen LogP contribution in [0.15, 0.2) is 30.3 Å². The van der Waals surface area contributed by atoms with Gasteiger partial charge in [-0.2, -0.15) is 0 Å². The Labute approximate surface area is 110 Å². The maximum atomic E-state index is 5.64. The third-order valence-corrected chi connectivity index (χ3v) is 3.45. The number of rotatable bonds is 6. The molecule has 18 heavy (non-hydrogen) atoms. The van der Waals surface area contributed by atoms with Crippen LogP contribution < -0.4 is 10.1 Å². The lowest BCUT2D eigenvalue weighted by atomic mass is 9.98. The fourth-order valence-corrected chi connectivity index (χ4v) is 2.50. The Bertz CT molecular complexity index is 329. The molecule has 1 aliphatic heterocycles. The van der Waals surface area contributed by atoms with Gasteiger partial charge in [-0.25, -0.2) is 0 Å². The zero-order chi connectivity index (χ0) is 12.6. The molecule has 3 nitrogen and oxygen atoms in total. The van der Waals surface area contributed by atoms with Crippen LogP contribution in [0.2, 0.25) is 0 Å². The molecule has 0 aromatic heterocycles. The largest absolute Gasteiger partial charge is 0.492 e. The fraction of sp³-hybridized carbons (Fsp3) is 0.600. The zero-order valence-corrected chi connectivity index (χ0v) is 11.3. The van der Waals surface area contributed by atoms with Gasteiger partial charge >= 0.3 is 0 Å². The van der Waals surface area contributed by atoms with Crippen molar-refractivity contribution in [3.63, 3.8) is 0 Å². The molecule has 0 amide bonds. The minimum absolute atomic E-state index is 0.743. The molecule has 1 atom stereocenters. The molecule has 3 heteroatoms. The van der Waals surface area contributed by atoms with Crippen molar-refractivity contribution in [1.82, 2.24) is 10.2 Å². The van der Waals surface area contributed by atoms with Crippen molar-refractivity contribution in [3.8, 4) is 5.75 Å². The predicted molar refractivity (Wildman–Crippen MR) is 75.0 cm³/mol. The lowest BCUT2D eigenvalue weighted by molar-refractivity contribution is 0.203. The first-order valence-electron chi connectivity index (χ1n) is 6.92. The number of hydrogen-bond donors (Lipinski definition) is 1. The van der Waals surface area contributed by atoms with Gasteiger partial charge in [0.05, 0.1) is 0 Å². The highest BCUT2D eigenvalue weighted by Crippen LogP contribution is 2.13. The molecule has 1 fully saturated rings. The van der Waals surface area contributed by atoms with Crippen molar-refractivity contribution in [2.24, 2.45) is 5.92 Å². The van der Waals surface area contributed by atoms with E-state index in [1.54, 1.807) is 0 Å². The van der Waals surface area contributed by atoms with Crippen molar-refractivity contribution in [3.05, 3.63) is 30.3 Å². The summed E-state index contributed by atoms with van der Waals surface area (Å²) < 4.78 is 5.64. The summed E-state index contributed by atoms with van der Waals surface area (Å²) in [4.78, 5) is 2.43. The molecule has 0 radical (unpaired) electrons. The Morgan fingerprint density at radius 3 is 2.94 bits per heavy atom. The molecule has 100 valence electrons. The predicted octanol–water partition coefficient (Wildman–Crippen LogP) is 2.00. The maximum Gasteiger partial charge on any atom is 0.119 e. The summed E-state index contributed by atoms with van der Waals surface area (Å²) in [6.45, 7) is 5.27. The quantitative estimate of drug-likeness (QED) is 0.779. The maximum absolute atomic E-state index is 5.64. The van der Waals surface area contributed by atoms with E-state index in [4.69, 9.17) is 4.74 Å². The van der Waals surface area contributed by atoms with Crippen molar-refractivity contribution in [1.29, 1.82) is 0 Å². The van der Waals surface area contributed by atoms with Crippen molar-refractivity contribution in [2.75, 3.05) is 39.8 Å². The molecule has 1 N–H and O–H groups in total. The molecule has 0 bridgehead atoms. The summed E-state index contributed by atoms with van der Waals surface area (Å²) in [6.07, 6.45) is 2.69. The summed E-state index contributed by atoms with van der Waals surface area (Å²) in [5.74, 6) is 1.76. The average molecular weight is 248 g/mol. The van der Waals surface area contributed by atoms with Gasteiger partial charge in [0, 0.05) is 13.1 Å².